The molecule has 2 aromatic carbocycles. The molecule has 5 nitrogen and oxygen atoms in total. The predicted molar refractivity (Wildman–Crippen MR) is 110 cm³/mol. The van der Waals surface area contributed by atoms with Crippen LogP contribution in [0.2, 0.25) is 5.02 Å². The zero-order chi connectivity index (χ0) is 22.1. The first-order valence-corrected chi connectivity index (χ1v) is 10.0. The van der Waals surface area contributed by atoms with Gasteiger partial charge >= 0.3 is 0 Å². The summed E-state index contributed by atoms with van der Waals surface area (Å²) in [6.07, 6.45) is 0.470. The van der Waals surface area contributed by atoms with Crippen LogP contribution in [0.5, 0.6) is 5.75 Å². The van der Waals surface area contributed by atoms with Gasteiger partial charge in [0.15, 0.2) is 0 Å². The third-order valence-corrected chi connectivity index (χ3v) is 5.54. The number of hydrogen-bond donors (Lipinski definition) is 0. The highest BCUT2D eigenvalue weighted by molar-refractivity contribution is 6.35. The number of fused-ring (bicyclic) bond motifs is 1. The Kier molecular flexibility index (Phi) is 5.91. The van der Waals surface area contributed by atoms with Gasteiger partial charge < -0.3 is 9.64 Å². The van der Waals surface area contributed by atoms with Gasteiger partial charge in [-0.05, 0) is 30.7 Å². The standard InChI is InChI=1S/C22H19ClF3N3O2/c1-28-21(13-9-14(25)11-15(26)10-13)16-5-7-29(12-18(16)27-28)22(30)17-3-2-4-19(20(17)23)31-8-6-24/h2-4,9-11H,5-8,12H2,1H3. The van der Waals surface area contributed by atoms with Gasteiger partial charge in [0, 0.05) is 30.8 Å². The van der Waals surface area contributed by atoms with Crippen molar-refractivity contribution < 1.29 is 22.7 Å². The van der Waals surface area contributed by atoms with Crippen LogP contribution in [0.25, 0.3) is 11.3 Å². The molecular weight excluding hydrogens is 431 g/mol. The Bertz CT molecular complexity index is 1130. The third-order valence-electron chi connectivity index (χ3n) is 5.15. The SMILES string of the molecule is Cn1nc2c(c1-c1cc(F)cc(F)c1)CCN(C(=O)c1cccc(OCCF)c1Cl)C2. The number of benzene rings is 2. The van der Waals surface area contributed by atoms with Crippen molar-refractivity contribution in [1.29, 1.82) is 0 Å². The summed E-state index contributed by atoms with van der Waals surface area (Å²) in [5.74, 6) is -1.38. The topological polar surface area (TPSA) is 47.4 Å². The van der Waals surface area contributed by atoms with Crippen LogP contribution in [0.15, 0.2) is 36.4 Å². The molecule has 1 aromatic heterocycles. The molecule has 1 aliphatic rings. The second kappa shape index (κ2) is 8.63. The average molecular weight is 450 g/mol. The summed E-state index contributed by atoms with van der Waals surface area (Å²) >= 11 is 6.31. The molecule has 1 aliphatic heterocycles. The largest absolute Gasteiger partial charge is 0.489 e. The first-order chi connectivity index (χ1) is 14.9. The Hall–Kier alpha value is -3.00. The number of carbonyl (C=O) groups excluding carboxylic acids is 1. The van der Waals surface area contributed by atoms with Crippen molar-refractivity contribution in [2.45, 2.75) is 13.0 Å². The molecule has 31 heavy (non-hydrogen) atoms. The molecule has 0 radical (unpaired) electrons. The molecule has 0 bridgehead atoms. The van der Waals surface area contributed by atoms with Gasteiger partial charge in [0.25, 0.3) is 5.91 Å². The fraction of sp³-hybridized carbons (Fsp3) is 0.273. The summed E-state index contributed by atoms with van der Waals surface area (Å²) in [5, 5.41) is 4.60. The normalized spacial score (nSPS) is 13.3. The van der Waals surface area contributed by atoms with E-state index < -0.39 is 18.3 Å². The predicted octanol–water partition coefficient (Wildman–Crippen LogP) is 4.57. The first-order valence-electron chi connectivity index (χ1n) is 9.66. The molecule has 3 aromatic rings. The molecule has 162 valence electrons. The summed E-state index contributed by atoms with van der Waals surface area (Å²) < 4.78 is 46.7. The van der Waals surface area contributed by atoms with Gasteiger partial charge in [-0.2, -0.15) is 5.10 Å². The van der Waals surface area contributed by atoms with E-state index in [0.29, 0.717) is 29.9 Å². The van der Waals surface area contributed by atoms with Crippen LogP contribution in [0.3, 0.4) is 0 Å². The fourth-order valence-corrected chi connectivity index (χ4v) is 4.11. The maximum absolute atomic E-state index is 13.7. The minimum absolute atomic E-state index is 0.128. The number of ether oxygens (including phenoxy) is 1. The summed E-state index contributed by atoms with van der Waals surface area (Å²) in [4.78, 5) is 14.7. The summed E-state index contributed by atoms with van der Waals surface area (Å²) in [5.41, 5.74) is 2.78. The van der Waals surface area contributed by atoms with E-state index in [1.807, 2.05) is 0 Å². The first kappa shape index (κ1) is 21.2. The van der Waals surface area contributed by atoms with Crippen molar-refractivity contribution in [1.82, 2.24) is 14.7 Å². The number of aromatic nitrogens is 2. The summed E-state index contributed by atoms with van der Waals surface area (Å²) in [6, 6.07) is 8.14. The van der Waals surface area contributed by atoms with E-state index in [1.54, 1.807) is 34.8 Å². The van der Waals surface area contributed by atoms with E-state index in [9.17, 15) is 18.0 Å². The number of halogens is 4. The molecular formula is C22H19ClF3N3O2. The van der Waals surface area contributed by atoms with Crippen LogP contribution in [-0.2, 0) is 20.0 Å². The molecule has 1 amide bonds. The van der Waals surface area contributed by atoms with Gasteiger partial charge in [0.05, 0.1) is 28.5 Å². The Balaban J connectivity index is 1.61. The number of rotatable bonds is 5. The fourth-order valence-electron chi connectivity index (χ4n) is 3.85. The van der Waals surface area contributed by atoms with E-state index in [-0.39, 0.29) is 35.4 Å². The van der Waals surface area contributed by atoms with Crippen LogP contribution in [0, 0.1) is 11.6 Å². The Labute approximate surface area is 182 Å². The van der Waals surface area contributed by atoms with Gasteiger partial charge in [-0.1, -0.05) is 17.7 Å². The van der Waals surface area contributed by atoms with Gasteiger partial charge in [-0.3, -0.25) is 9.48 Å². The lowest BCUT2D eigenvalue weighted by Gasteiger charge is -2.27. The second-order valence-corrected chi connectivity index (χ2v) is 7.57. The molecule has 2 heterocycles. The van der Waals surface area contributed by atoms with E-state index >= 15 is 0 Å². The third kappa shape index (κ3) is 4.12. The lowest BCUT2D eigenvalue weighted by Crippen LogP contribution is -2.36. The molecule has 0 N–H and O–H groups in total. The van der Waals surface area contributed by atoms with Crippen molar-refractivity contribution in [2.24, 2.45) is 7.05 Å². The number of alkyl halides is 1. The lowest BCUT2D eigenvalue weighted by molar-refractivity contribution is 0.0732. The summed E-state index contributed by atoms with van der Waals surface area (Å²) in [6.45, 7) is -0.206. The zero-order valence-corrected chi connectivity index (χ0v) is 17.4. The second-order valence-electron chi connectivity index (χ2n) is 7.19. The highest BCUT2D eigenvalue weighted by Crippen LogP contribution is 2.33. The highest BCUT2D eigenvalue weighted by Gasteiger charge is 2.29. The zero-order valence-electron chi connectivity index (χ0n) is 16.7. The molecule has 0 atom stereocenters. The number of amides is 1. The minimum Gasteiger partial charge on any atom is -0.489 e. The van der Waals surface area contributed by atoms with Crippen molar-refractivity contribution in [2.75, 3.05) is 19.8 Å². The maximum Gasteiger partial charge on any atom is 0.255 e. The molecule has 0 unspecified atom stereocenters. The molecule has 0 saturated heterocycles. The molecule has 0 aliphatic carbocycles. The quantitative estimate of drug-likeness (QED) is 0.573. The van der Waals surface area contributed by atoms with Crippen LogP contribution >= 0.6 is 11.6 Å². The molecule has 0 fully saturated rings. The molecule has 4 rings (SSSR count). The number of nitrogens with zero attached hydrogens (tertiary/aromatic N) is 3. The van der Waals surface area contributed by atoms with Crippen LogP contribution < -0.4 is 4.74 Å². The van der Waals surface area contributed by atoms with E-state index in [1.165, 1.54) is 12.1 Å². The number of carbonyl (C=O) groups is 1. The van der Waals surface area contributed by atoms with E-state index in [0.717, 1.165) is 11.6 Å². The van der Waals surface area contributed by atoms with Gasteiger partial charge in [-0.15, -0.1) is 0 Å². The number of hydrogen-bond acceptors (Lipinski definition) is 3. The molecule has 0 spiro atoms. The minimum atomic E-state index is -0.666. The average Bonchev–Trinajstić information content (AvgIpc) is 3.06. The Morgan fingerprint density at radius 1 is 1.23 bits per heavy atom. The maximum atomic E-state index is 13.7. The van der Waals surface area contributed by atoms with Crippen molar-refractivity contribution in [3.63, 3.8) is 0 Å². The monoisotopic (exact) mass is 449 g/mol. The van der Waals surface area contributed by atoms with E-state index in [2.05, 4.69) is 5.10 Å². The number of aryl methyl sites for hydroxylation is 1. The Morgan fingerprint density at radius 3 is 2.68 bits per heavy atom. The van der Waals surface area contributed by atoms with E-state index in [4.69, 9.17) is 16.3 Å². The van der Waals surface area contributed by atoms with Crippen LogP contribution in [0.4, 0.5) is 13.2 Å². The Morgan fingerprint density at radius 2 is 1.97 bits per heavy atom. The lowest BCUT2D eigenvalue weighted by atomic mass is 9.99. The molecule has 9 heteroatoms. The van der Waals surface area contributed by atoms with Crippen LogP contribution in [-0.4, -0.2) is 40.4 Å². The van der Waals surface area contributed by atoms with Crippen molar-refractivity contribution >= 4 is 17.5 Å². The molecule has 0 saturated carbocycles. The van der Waals surface area contributed by atoms with Crippen molar-refractivity contribution in [3.05, 3.63) is 69.9 Å². The smallest absolute Gasteiger partial charge is 0.255 e. The van der Waals surface area contributed by atoms with Crippen LogP contribution in [0.1, 0.15) is 21.6 Å². The van der Waals surface area contributed by atoms with Gasteiger partial charge in [0.2, 0.25) is 0 Å². The van der Waals surface area contributed by atoms with Gasteiger partial charge in [-0.25, -0.2) is 13.2 Å². The highest BCUT2D eigenvalue weighted by atomic mass is 35.5. The summed E-state index contributed by atoms with van der Waals surface area (Å²) in [7, 11) is 1.70. The van der Waals surface area contributed by atoms with Crippen molar-refractivity contribution in [3.8, 4) is 17.0 Å². The van der Waals surface area contributed by atoms with Gasteiger partial charge in [0.1, 0.15) is 30.7 Å².